The summed E-state index contributed by atoms with van der Waals surface area (Å²) >= 11 is 24.2. The first-order valence-electron chi connectivity index (χ1n) is 7.95. The minimum absolute atomic E-state index is 0.0825. The molecule has 1 N–H and O–H groups in total. The lowest BCUT2D eigenvalue weighted by atomic mass is 10.2. The molecule has 0 aliphatic rings. The summed E-state index contributed by atoms with van der Waals surface area (Å²) in [4.78, 5) is 12.4. The fraction of sp³-hybridized carbons (Fsp3) is 0.0556. The second-order valence-corrected chi connectivity index (χ2v) is 7.03. The molecular formula is C18H13Cl4N3O5. The molecule has 1 heterocycles. The lowest BCUT2D eigenvalue weighted by Crippen LogP contribution is -2.04. The van der Waals surface area contributed by atoms with E-state index in [0.717, 1.165) is 0 Å². The fourth-order valence-electron chi connectivity index (χ4n) is 2.10. The van der Waals surface area contributed by atoms with Gasteiger partial charge in [-0.1, -0.05) is 46.4 Å². The molecule has 0 aliphatic carbocycles. The van der Waals surface area contributed by atoms with Gasteiger partial charge in [-0.25, -0.2) is 4.98 Å². The van der Waals surface area contributed by atoms with Crippen molar-refractivity contribution in [3.63, 3.8) is 0 Å². The number of imidazole rings is 1. The van der Waals surface area contributed by atoms with Crippen molar-refractivity contribution in [1.82, 2.24) is 9.55 Å². The van der Waals surface area contributed by atoms with Crippen LogP contribution in [0.1, 0.15) is 5.56 Å². The highest BCUT2D eigenvalue weighted by molar-refractivity contribution is 6.36. The van der Waals surface area contributed by atoms with Crippen molar-refractivity contribution in [2.75, 3.05) is 6.79 Å². The van der Waals surface area contributed by atoms with Crippen LogP contribution in [0.5, 0.6) is 5.75 Å². The van der Waals surface area contributed by atoms with E-state index in [1.807, 2.05) is 0 Å². The third-order valence-corrected chi connectivity index (χ3v) is 4.39. The van der Waals surface area contributed by atoms with Gasteiger partial charge in [0.2, 0.25) is 6.79 Å². The Morgan fingerprint density at radius 2 is 1.77 bits per heavy atom. The number of hydrogen-bond acceptors (Lipinski definition) is 5. The summed E-state index contributed by atoms with van der Waals surface area (Å²) in [5, 5.41) is 15.5. The zero-order valence-electron chi connectivity index (χ0n) is 14.9. The lowest BCUT2D eigenvalue weighted by Gasteiger charge is -2.14. The lowest BCUT2D eigenvalue weighted by molar-refractivity contribution is -0.742. The van der Waals surface area contributed by atoms with Gasteiger partial charge in [0, 0.05) is 28.0 Å². The molecule has 1 aromatic heterocycles. The highest BCUT2D eigenvalue weighted by Crippen LogP contribution is 2.30. The number of aromatic nitrogens is 2. The molecule has 3 rings (SSSR count). The molecule has 12 heteroatoms. The summed E-state index contributed by atoms with van der Waals surface area (Å²) in [6, 6.07) is 10.1. The Labute approximate surface area is 190 Å². The van der Waals surface area contributed by atoms with E-state index in [9.17, 15) is 0 Å². The Morgan fingerprint density at radius 1 is 1.13 bits per heavy atom. The number of benzene rings is 2. The SMILES string of the molecule is Clc1ccc(OCOC(=Cn2ccnc2)c2ccc(Cl)cc2Cl)c(Cl)c1.O=[N+]([O-])O. The molecular weight excluding hydrogens is 480 g/mol. The van der Waals surface area contributed by atoms with Crippen molar-refractivity contribution >= 4 is 58.4 Å². The van der Waals surface area contributed by atoms with Crippen LogP contribution >= 0.6 is 46.4 Å². The number of hydrogen-bond donors (Lipinski definition) is 1. The van der Waals surface area contributed by atoms with Crippen LogP contribution in [-0.4, -0.2) is 26.6 Å². The zero-order valence-corrected chi connectivity index (χ0v) is 17.9. The van der Waals surface area contributed by atoms with E-state index in [1.54, 1.807) is 65.9 Å². The zero-order chi connectivity index (χ0) is 22.1. The first-order chi connectivity index (χ1) is 14.3. The highest BCUT2D eigenvalue weighted by atomic mass is 35.5. The summed E-state index contributed by atoms with van der Waals surface area (Å²) < 4.78 is 13.1. The topological polar surface area (TPSA) is 99.7 Å². The minimum Gasteiger partial charge on any atom is -0.456 e. The van der Waals surface area contributed by atoms with E-state index in [1.165, 1.54) is 0 Å². The molecule has 0 bridgehead atoms. The van der Waals surface area contributed by atoms with Crippen molar-refractivity contribution in [3.05, 3.63) is 90.9 Å². The maximum atomic E-state index is 8.36. The van der Waals surface area contributed by atoms with E-state index < -0.39 is 5.09 Å². The number of nitrogens with zero attached hydrogens (tertiary/aromatic N) is 3. The molecule has 0 unspecified atom stereocenters. The molecule has 158 valence electrons. The van der Waals surface area contributed by atoms with Crippen LogP contribution < -0.4 is 4.74 Å². The Morgan fingerprint density at radius 3 is 2.33 bits per heavy atom. The normalized spacial score (nSPS) is 10.7. The summed E-state index contributed by atoms with van der Waals surface area (Å²) in [6.07, 6.45) is 6.78. The average molecular weight is 493 g/mol. The molecule has 3 aromatic rings. The number of rotatable bonds is 6. The van der Waals surface area contributed by atoms with Gasteiger partial charge < -0.3 is 19.2 Å². The van der Waals surface area contributed by atoms with Gasteiger partial charge in [0.25, 0.3) is 5.09 Å². The molecule has 0 amide bonds. The van der Waals surface area contributed by atoms with E-state index in [-0.39, 0.29) is 6.79 Å². The molecule has 0 radical (unpaired) electrons. The Bertz CT molecular complexity index is 1020. The van der Waals surface area contributed by atoms with Gasteiger partial charge in [0.05, 0.1) is 22.6 Å². The standard InChI is InChI=1S/C18H12Cl4N2O2.HNO3/c19-12-1-3-14(15(21)7-12)18(9-24-6-5-23-10-24)26-11-25-17-4-2-13(20)8-16(17)22;2-1(3)4/h1-10H,11H2;(H,2,3,4). The summed E-state index contributed by atoms with van der Waals surface area (Å²) in [5.41, 5.74) is 0.663. The molecule has 0 saturated carbocycles. The van der Waals surface area contributed by atoms with Crippen LogP contribution in [0, 0.1) is 10.1 Å². The third-order valence-electron chi connectivity index (χ3n) is 3.31. The van der Waals surface area contributed by atoms with Gasteiger partial charge in [-0.05, 0) is 36.4 Å². The predicted molar refractivity (Wildman–Crippen MR) is 115 cm³/mol. The Balaban J connectivity index is 0.000000735. The van der Waals surface area contributed by atoms with Crippen LogP contribution in [-0.2, 0) is 4.74 Å². The van der Waals surface area contributed by atoms with Gasteiger partial charge >= 0.3 is 0 Å². The van der Waals surface area contributed by atoms with Crippen molar-refractivity contribution in [1.29, 1.82) is 0 Å². The molecule has 0 spiro atoms. The van der Waals surface area contributed by atoms with Crippen LogP contribution in [0.4, 0.5) is 0 Å². The molecule has 0 aliphatic heterocycles. The molecule has 8 nitrogen and oxygen atoms in total. The summed E-state index contributed by atoms with van der Waals surface area (Å²) in [7, 11) is 0. The van der Waals surface area contributed by atoms with Crippen molar-refractivity contribution in [2.24, 2.45) is 0 Å². The Kier molecular flexibility index (Phi) is 9.07. The van der Waals surface area contributed by atoms with Crippen molar-refractivity contribution in [2.45, 2.75) is 0 Å². The minimum atomic E-state index is -1.50. The van der Waals surface area contributed by atoms with E-state index in [4.69, 9.17) is 71.2 Å². The van der Waals surface area contributed by atoms with Gasteiger partial charge in [0.15, 0.2) is 0 Å². The quantitative estimate of drug-likeness (QED) is 0.191. The second-order valence-electron chi connectivity index (χ2n) is 5.35. The second kappa shape index (κ2) is 11.5. The van der Waals surface area contributed by atoms with Crippen LogP contribution in [0.2, 0.25) is 20.1 Å². The highest BCUT2D eigenvalue weighted by Gasteiger charge is 2.11. The monoisotopic (exact) mass is 491 g/mol. The Hall–Kier alpha value is -2.65. The van der Waals surface area contributed by atoms with Crippen molar-refractivity contribution in [3.8, 4) is 5.75 Å². The number of ether oxygens (including phenoxy) is 2. The summed E-state index contributed by atoms with van der Waals surface area (Å²) in [5.74, 6) is 0.940. The maximum absolute atomic E-state index is 8.36. The molecule has 30 heavy (non-hydrogen) atoms. The molecule has 2 aromatic carbocycles. The molecule has 0 atom stereocenters. The van der Waals surface area contributed by atoms with E-state index in [2.05, 4.69) is 4.98 Å². The van der Waals surface area contributed by atoms with Crippen LogP contribution in [0.3, 0.4) is 0 Å². The largest absolute Gasteiger partial charge is 0.456 e. The first kappa shape index (κ1) is 23.6. The van der Waals surface area contributed by atoms with Crippen LogP contribution in [0.25, 0.3) is 12.0 Å². The van der Waals surface area contributed by atoms with Gasteiger partial charge in [0.1, 0.15) is 11.5 Å². The smallest absolute Gasteiger partial charge is 0.291 e. The van der Waals surface area contributed by atoms with Gasteiger partial charge in [-0.3, -0.25) is 0 Å². The maximum Gasteiger partial charge on any atom is 0.291 e. The van der Waals surface area contributed by atoms with Gasteiger partial charge in [-0.2, -0.15) is 0 Å². The first-order valence-corrected chi connectivity index (χ1v) is 9.46. The molecule has 0 fully saturated rings. The molecule has 0 saturated heterocycles. The van der Waals surface area contributed by atoms with Crippen LogP contribution in [0.15, 0.2) is 55.1 Å². The third kappa shape index (κ3) is 7.64. The fourth-order valence-corrected chi connectivity index (χ4v) is 3.07. The summed E-state index contributed by atoms with van der Waals surface area (Å²) in [6.45, 7) is -0.0825. The predicted octanol–water partition coefficient (Wildman–Crippen LogP) is 6.16. The van der Waals surface area contributed by atoms with E-state index >= 15 is 0 Å². The number of halogens is 4. The van der Waals surface area contributed by atoms with Crippen molar-refractivity contribution < 1.29 is 19.8 Å². The van der Waals surface area contributed by atoms with E-state index in [0.29, 0.717) is 37.2 Å². The average Bonchev–Trinajstić information content (AvgIpc) is 3.15. The van der Waals surface area contributed by atoms with Gasteiger partial charge in [-0.15, -0.1) is 10.1 Å².